The van der Waals surface area contributed by atoms with Crippen LogP contribution in [0.15, 0.2) is 29.3 Å². The van der Waals surface area contributed by atoms with Crippen LogP contribution in [-0.2, 0) is 17.8 Å². The number of morpholine rings is 1. The second kappa shape index (κ2) is 12.6. The number of aliphatic hydroxyl groups is 1. The molecule has 4 N–H and O–H groups in total. The Hall–Kier alpha value is -0.940. The molecular weight excluding hydrogens is 469 g/mol. The number of guanidine groups is 1. The van der Waals surface area contributed by atoms with Gasteiger partial charge in [-0.15, -0.1) is 24.0 Å². The molecule has 0 amide bonds. The van der Waals surface area contributed by atoms with Crippen LogP contribution in [0.2, 0.25) is 0 Å². The van der Waals surface area contributed by atoms with Gasteiger partial charge in [0.1, 0.15) is 0 Å². The van der Waals surface area contributed by atoms with E-state index in [1.807, 2.05) is 6.07 Å². The Morgan fingerprint density at radius 2 is 1.93 bits per heavy atom. The van der Waals surface area contributed by atoms with Crippen molar-refractivity contribution in [3.8, 4) is 0 Å². The van der Waals surface area contributed by atoms with Crippen LogP contribution >= 0.6 is 24.0 Å². The van der Waals surface area contributed by atoms with E-state index >= 15 is 0 Å². The van der Waals surface area contributed by atoms with Crippen molar-refractivity contribution in [1.82, 2.24) is 15.1 Å². The maximum atomic E-state index is 9.71. The van der Waals surface area contributed by atoms with Crippen molar-refractivity contribution in [1.29, 1.82) is 0 Å². The van der Waals surface area contributed by atoms with Gasteiger partial charge in [-0.3, -0.25) is 9.80 Å². The van der Waals surface area contributed by atoms with Gasteiger partial charge in [-0.05, 0) is 30.5 Å². The average molecular weight is 503 g/mol. The van der Waals surface area contributed by atoms with Gasteiger partial charge in [-0.2, -0.15) is 0 Å². The van der Waals surface area contributed by atoms with Gasteiger partial charge in [0.2, 0.25) is 0 Å². The van der Waals surface area contributed by atoms with E-state index in [0.29, 0.717) is 12.5 Å². The SMILES string of the molecule is I.NC(=NCc1ccccc1CN1CCC(O)C1)NCCCN1CCOCC1. The summed E-state index contributed by atoms with van der Waals surface area (Å²) in [6.45, 7) is 8.76. The summed E-state index contributed by atoms with van der Waals surface area (Å²) in [6.07, 6.45) is 1.72. The lowest BCUT2D eigenvalue weighted by Crippen LogP contribution is -2.39. The number of benzene rings is 1. The molecule has 0 aliphatic carbocycles. The lowest BCUT2D eigenvalue weighted by Gasteiger charge is -2.26. The number of nitrogens with two attached hydrogens (primary N) is 1. The Bertz CT molecular complexity index is 610. The van der Waals surface area contributed by atoms with Gasteiger partial charge in [0, 0.05) is 39.3 Å². The van der Waals surface area contributed by atoms with Crippen molar-refractivity contribution in [2.45, 2.75) is 32.0 Å². The van der Waals surface area contributed by atoms with Crippen LogP contribution in [-0.4, -0.2) is 79.5 Å². The summed E-state index contributed by atoms with van der Waals surface area (Å²) < 4.78 is 5.36. The first-order valence-corrected chi connectivity index (χ1v) is 10.0. The van der Waals surface area contributed by atoms with Crippen LogP contribution in [0.4, 0.5) is 0 Å². The third-order valence-corrected chi connectivity index (χ3v) is 5.24. The zero-order valence-corrected chi connectivity index (χ0v) is 18.9. The predicted molar refractivity (Wildman–Crippen MR) is 123 cm³/mol. The first-order chi connectivity index (χ1) is 13.2. The number of nitrogens with one attached hydrogen (secondary N) is 1. The molecule has 158 valence electrons. The maximum absolute atomic E-state index is 9.71. The quantitative estimate of drug-likeness (QED) is 0.213. The Labute approximate surface area is 185 Å². The van der Waals surface area contributed by atoms with Gasteiger partial charge in [-0.1, -0.05) is 24.3 Å². The first-order valence-electron chi connectivity index (χ1n) is 10.0. The summed E-state index contributed by atoms with van der Waals surface area (Å²) in [5.74, 6) is 0.503. The van der Waals surface area contributed by atoms with Crippen LogP contribution in [0.1, 0.15) is 24.0 Å². The molecule has 0 aromatic heterocycles. The second-order valence-electron chi connectivity index (χ2n) is 7.38. The van der Waals surface area contributed by atoms with E-state index in [9.17, 15) is 5.11 Å². The standard InChI is InChI=1S/C20H33N5O2.HI/c21-20(22-7-3-8-24-10-12-27-13-11-24)23-14-17-4-1-2-5-18(17)15-25-9-6-19(26)16-25;/h1-2,4-5,19,26H,3,6-16H2,(H3,21,22,23);1H. The predicted octanol–water partition coefficient (Wildman–Crippen LogP) is 0.998. The van der Waals surface area contributed by atoms with Crippen molar-refractivity contribution in [3.05, 3.63) is 35.4 Å². The molecule has 0 bridgehead atoms. The number of β-amino-alcohol motifs (C(OH)–C–C–N with tert-alkyl or cyclic N) is 1. The smallest absolute Gasteiger partial charge is 0.188 e. The first kappa shape index (κ1) is 23.3. The highest BCUT2D eigenvalue weighted by atomic mass is 127. The maximum Gasteiger partial charge on any atom is 0.188 e. The molecular formula is C20H34IN5O2. The molecule has 1 aromatic rings. The van der Waals surface area contributed by atoms with Gasteiger partial charge in [-0.25, -0.2) is 4.99 Å². The molecule has 1 unspecified atom stereocenters. The minimum absolute atomic E-state index is 0. The molecule has 8 heteroatoms. The third kappa shape index (κ3) is 7.82. The van der Waals surface area contributed by atoms with E-state index in [1.165, 1.54) is 11.1 Å². The number of nitrogens with zero attached hydrogens (tertiary/aromatic N) is 3. The molecule has 2 heterocycles. The summed E-state index contributed by atoms with van der Waals surface area (Å²) in [5.41, 5.74) is 8.49. The fraction of sp³-hybridized carbons (Fsp3) is 0.650. The number of ether oxygens (including phenoxy) is 1. The molecule has 2 aliphatic rings. The van der Waals surface area contributed by atoms with Gasteiger partial charge in [0.05, 0.1) is 25.9 Å². The lowest BCUT2D eigenvalue weighted by molar-refractivity contribution is 0.0376. The van der Waals surface area contributed by atoms with E-state index in [2.05, 4.69) is 38.3 Å². The average Bonchev–Trinajstić information content (AvgIpc) is 3.10. The number of aliphatic hydroxyl groups excluding tert-OH is 1. The minimum Gasteiger partial charge on any atom is -0.392 e. The van der Waals surface area contributed by atoms with E-state index in [4.69, 9.17) is 10.5 Å². The normalized spacial score (nSPS) is 21.5. The zero-order valence-electron chi connectivity index (χ0n) is 16.6. The van der Waals surface area contributed by atoms with Crippen molar-refractivity contribution in [2.24, 2.45) is 10.7 Å². The van der Waals surface area contributed by atoms with Gasteiger partial charge in [0.15, 0.2) is 5.96 Å². The number of hydrogen-bond donors (Lipinski definition) is 3. The van der Waals surface area contributed by atoms with Crippen molar-refractivity contribution < 1.29 is 9.84 Å². The van der Waals surface area contributed by atoms with Crippen molar-refractivity contribution in [2.75, 3.05) is 52.5 Å². The van der Waals surface area contributed by atoms with Crippen molar-refractivity contribution >= 4 is 29.9 Å². The second-order valence-corrected chi connectivity index (χ2v) is 7.38. The van der Waals surface area contributed by atoms with Crippen LogP contribution in [0.3, 0.4) is 0 Å². The highest BCUT2D eigenvalue weighted by molar-refractivity contribution is 14.0. The number of hydrogen-bond acceptors (Lipinski definition) is 5. The van der Waals surface area contributed by atoms with Crippen LogP contribution < -0.4 is 11.1 Å². The summed E-state index contributed by atoms with van der Waals surface area (Å²) >= 11 is 0. The van der Waals surface area contributed by atoms with Crippen LogP contribution in [0.5, 0.6) is 0 Å². The molecule has 28 heavy (non-hydrogen) atoms. The molecule has 2 fully saturated rings. The molecule has 0 radical (unpaired) electrons. The number of halogens is 1. The largest absolute Gasteiger partial charge is 0.392 e. The van der Waals surface area contributed by atoms with Crippen molar-refractivity contribution in [3.63, 3.8) is 0 Å². The Kier molecular flexibility index (Phi) is 10.5. The summed E-state index contributed by atoms with van der Waals surface area (Å²) in [4.78, 5) is 9.22. The number of rotatable bonds is 8. The molecule has 2 saturated heterocycles. The molecule has 3 rings (SSSR count). The van der Waals surface area contributed by atoms with Gasteiger partial charge < -0.3 is 20.9 Å². The number of aliphatic imine (C=N–C) groups is 1. The molecule has 1 aromatic carbocycles. The molecule has 1 atom stereocenters. The molecule has 0 saturated carbocycles. The summed E-state index contributed by atoms with van der Waals surface area (Å²) in [7, 11) is 0. The van der Waals surface area contributed by atoms with E-state index in [0.717, 1.165) is 71.9 Å². The summed E-state index contributed by atoms with van der Waals surface area (Å²) in [6, 6.07) is 8.35. The highest BCUT2D eigenvalue weighted by Crippen LogP contribution is 2.17. The van der Waals surface area contributed by atoms with E-state index in [-0.39, 0.29) is 30.1 Å². The monoisotopic (exact) mass is 503 g/mol. The van der Waals surface area contributed by atoms with Crippen LogP contribution in [0.25, 0.3) is 0 Å². The van der Waals surface area contributed by atoms with Crippen LogP contribution in [0, 0.1) is 0 Å². The van der Waals surface area contributed by atoms with Gasteiger partial charge >= 0.3 is 0 Å². The Balaban J connectivity index is 0.00000280. The minimum atomic E-state index is -0.188. The Morgan fingerprint density at radius 1 is 1.18 bits per heavy atom. The fourth-order valence-corrected chi connectivity index (χ4v) is 3.63. The molecule has 7 nitrogen and oxygen atoms in total. The third-order valence-electron chi connectivity index (χ3n) is 5.24. The highest BCUT2D eigenvalue weighted by Gasteiger charge is 2.20. The van der Waals surface area contributed by atoms with E-state index in [1.54, 1.807) is 0 Å². The number of likely N-dealkylation sites (tertiary alicyclic amines) is 1. The molecule has 0 spiro atoms. The molecule has 2 aliphatic heterocycles. The van der Waals surface area contributed by atoms with Gasteiger partial charge in [0.25, 0.3) is 0 Å². The topological polar surface area (TPSA) is 86.3 Å². The zero-order chi connectivity index (χ0) is 18.9. The lowest BCUT2D eigenvalue weighted by atomic mass is 10.1. The van der Waals surface area contributed by atoms with E-state index < -0.39 is 0 Å². The fourth-order valence-electron chi connectivity index (χ4n) is 3.63. The Morgan fingerprint density at radius 3 is 2.64 bits per heavy atom. The summed E-state index contributed by atoms with van der Waals surface area (Å²) in [5, 5.41) is 12.9.